The van der Waals surface area contributed by atoms with Crippen molar-refractivity contribution in [3.63, 3.8) is 0 Å². The van der Waals surface area contributed by atoms with Gasteiger partial charge in [-0.3, -0.25) is 0 Å². The van der Waals surface area contributed by atoms with Gasteiger partial charge < -0.3 is 10.7 Å². The van der Waals surface area contributed by atoms with Crippen molar-refractivity contribution >= 4 is 28.5 Å². The predicted molar refractivity (Wildman–Crippen MR) is 75.8 cm³/mol. The molecule has 5 heteroatoms. The van der Waals surface area contributed by atoms with E-state index in [-0.39, 0.29) is 5.69 Å². The van der Waals surface area contributed by atoms with Crippen LogP contribution in [0.4, 0.5) is 10.1 Å². The number of anilines is 1. The summed E-state index contributed by atoms with van der Waals surface area (Å²) in [7, 11) is 0. The molecule has 0 fully saturated rings. The van der Waals surface area contributed by atoms with Gasteiger partial charge in [-0.1, -0.05) is 12.1 Å². The number of nitrogens with two attached hydrogens (primary N) is 1. The predicted octanol–water partition coefficient (Wildman–Crippen LogP) is 3.74. The number of nitrogen functional groups attached to an aromatic ring is 1. The molecule has 0 atom stereocenters. The Kier molecular flexibility index (Phi) is 2.91. The number of rotatable bonds is 2. The zero-order chi connectivity index (χ0) is 13.4. The topological polar surface area (TPSA) is 54.7 Å². The number of imidazole rings is 1. The molecule has 3 aromatic rings. The zero-order valence-electron chi connectivity index (χ0n) is 10.3. The fourth-order valence-electron chi connectivity index (χ4n) is 1.86. The Balaban J connectivity index is 1.99. The Labute approximate surface area is 114 Å². The minimum atomic E-state index is -0.406. The first-order valence-electron chi connectivity index (χ1n) is 5.82. The van der Waals surface area contributed by atoms with Crippen LogP contribution in [0.15, 0.2) is 46.5 Å². The molecule has 0 saturated heterocycles. The second-order valence-corrected chi connectivity index (χ2v) is 5.35. The molecule has 0 amide bonds. The van der Waals surface area contributed by atoms with Crippen LogP contribution in [0.5, 0.6) is 0 Å². The molecular weight excluding hydrogens is 261 g/mol. The van der Waals surface area contributed by atoms with Crippen LogP contribution in [0.3, 0.4) is 0 Å². The molecule has 0 aliphatic heterocycles. The molecule has 19 heavy (non-hydrogen) atoms. The Morgan fingerprint density at radius 3 is 2.95 bits per heavy atom. The largest absolute Gasteiger partial charge is 0.395 e. The molecule has 3 N–H and O–H groups in total. The fraction of sp³-hybridized carbons (Fsp3) is 0.0714. The van der Waals surface area contributed by atoms with Gasteiger partial charge in [0.05, 0.1) is 16.7 Å². The minimum Gasteiger partial charge on any atom is -0.395 e. The maximum absolute atomic E-state index is 13.4. The number of hydrogen-bond donors (Lipinski definition) is 2. The van der Waals surface area contributed by atoms with Crippen molar-refractivity contribution in [3.8, 4) is 0 Å². The van der Waals surface area contributed by atoms with Gasteiger partial charge in [-0.15, -0.1) is 0 Å². The van der Waals surface area contributed by atoms with Crippen molar-refractivity contribution in [2.75, 3.05) is 5.73 Å². The Morgan fingerprint density at radius 2 is 2.11 bits per heavy atom. The lowest BCUT2D eigenvalue weighted by atomic mass is 10.2. The molecule has 0 radical (unpaired) electrons. The Hall–Kier alpha value is -2.01. The van der Waals surface area contributed by atoms with Gasteiger partial charge in [-0.2, -0.15) is 0 Å². The van der Waals surface area contributed by atoms with Crippen LogP contribution < -0.4 is 5.73 Å². The number of hydrogen-bond acceptors (Lipinski definition) is 3. The summed E-state index contributed by atoms with van der Waals surface area (Å²) in [6.45, 7) is 2.03. The van der Waals surface area contributed by atoms with Crippen LogP contribution in [0, 0.1) is 12.7 Å². The summed E-state index contributed by atoms with van der Waals surface area (Å²) in [5.41, 5.74) is 8.89. The van der Waals surface area contributed by atoms with Crippen molar-refractivity contribution in [1.82, 2.24) is 9.97 Å². The van der Waals surface area contributed by atoms with E-state index in [1.807, 2.05) is 25.1 Å². The molecule has 1 heterocycles. The number of benzene rings is 2. The van der Waals surface area contributed by atoms with Crippen molar-refractivity contribution in [2.24, 2.45) is 0 Å². The van der Waals surface area contributed by atoms with Gasteiger partial charge in [0.15, 0.2) is 5.16 Å². The number of para-hydroxylation sites is 1. The highest BCUT2D eigenvalue weighted by atomic mass is 32.2. The third-order valence-electron chi connectivity index (χ3n) is 2.84. The minimum absolute atomic E-state index is 0.157. The Bertz CT molecular complexity index is 752. The van der Waals surface area contributed by atoms with Crippen LogP contribution in [0.25, 0.3) is 11.0 Å². The number of halogens is 1. The monoisotopic (exact) mass is 273 g/mol. The van der Waals surface area contributed by atoms with E-state index in [0.717, 1.165) is 16.6 Å². The van der Waals surface area contributed by atoms with Gasteiger partial charge in [0.25, 0.3) is 0 Å². The van der Waals surface area contributed by atoms with Crippen LogP contribution >= 0.6 is 11.8 Å². The molecule has 0 spiro atoms. The highest BCUT2D eigenvalue weighted by Crippen LogP contribution is 2.32. The number of aryl methyl sites for hydroxylation is 1. The number of nitrogens with zero attached hydrogens (tertiary/aromatic N) is 1. The lowest BCUT2D eigenvalue weighted by Crippen LogP contribution is -1.92. The van der Waals surface area contributed by atoms with E-state index < -0.39 is 5.82 Å². The first-order chi connectivity index (χ1) is 9.13. The van der Waals surface area contributed by atoms with E-state index in [4.69, 9.17) is 5.73 Å². The molecule has 0 saturated carbocycles. The summed E-state index contributed by atoms with van der Waals surface area (Å²) in [5.74, 6) is -0.406. The number of H-pyrrole nitrogens is 1. The number of fused-ring (bicyclic) bond motifs is 1. The van der Waals surface area contributed by atoms with E-state index in [1.165, 1.54) is 17.8 Å². The van der Waals surface area contributed by atoms with E-state index >= 15 is 0 Å². The SMILES string of the molecule is Cc1ccc2nc(Sc3cccc(F)c3N)[nH]c2c1. The van der Waals surface area contributed by atoms with Gasteiger partial charge in [0, 0.05) is 4.90 Å². The van der Waals surface area contributed by atoms with Gasteiger partial charge in [-0.25, -0.2) is 9.37 Å². The second kappa shape index (κ2) is 4.59. The zero-order valence-corrected chi connectivity index (χ0v) is 11.1. The van der Waals surface area contributed by atoms with Crippen molar-refractivity contribution in [1.29, 1.82) is 0 Å². The summed E-state index contributed by atoms with van der Waals surface area (Å²) in [5, 5.41) is 0.706. The molecule has 0 unspecified atom stereocenters. The quantitative estimate of drug-likeness (QED) is 0.699. The molecule has 3 nitrogen and oxygen atoms in total. The maximum atomic E-state index is 13.4. The molecule has 3 rings (SSSR count). The lowest BCUT2D eigenvalue weighted by molar-refractivity contribution is 0.629. The van der Waals surface area contributed by atoms with Crippen LogP contribution in [0.1, 0.15) is 5.56 Å². The molecule has 0 bridgehead atoms. The van der Waals surface area contributed by atoms with Crippen LogP contribution in [-0.4, -0.2) is 9.97 Å². The smallest absolute Gasteiger partial charge is 0.171 e. The van der Waals surface area contributed by atoms with Gasteiger partial charge in [0.1, 0.15) is 5.82 Å². The second-order valence-electron chi connectivity index (χ2n) is 4.32. The summed E-state index contributed by atoms with van der Waals surface area (Å²) in [6, 6.07) is 10.8. The van der Waals surface area contributed by atoms with Crippen molar-refractivity contribution in [3.05, 3.63) is 47.8 Å². The van der Waals surface area contributed by atoms with Gasteiger partial charge in [-0.05, 0) is 48.5 Å². The molecule has 0 aliphatic carbocycles. The lowest BCUT2D eigenvalue weighted by Gasteiger charge is -2.03. The summed E-state index contributed by atoms with van der Waals surface area (Å²) in [6.07, 6.45) is 0. The van der Waals surface area contributed by atoms with Crippen molar-refractivity contribution in [2.45, 2.75) is 17.0 Å². The molecule has 1 aromatic heterocycles. The summed E-state index contributed by atoms with van der Waals surface area (Å²) < 4.78 is 13.4. The average molecular weight is 273 g/mol. The van der Waals surface area contributed by atoms with Crippen molar-refractivity contribution < 1.29 is 4.39 Å². The highest BCUT2D eigenvalue weighted by Gasteiger charge is 2.09. The van der Waals surface area contributed by atoms with E-state index in [0.29, 0.717) is 10.1 Å². The average Bonchev–Trinajstić information content (AvgIpc) is 2.76. The molecule has 96 valence electrons. The highest BCUT2D eigenvalue weighted by molar-refractivity contribution is 7.99. The normalized spacial score (nSPS) is 11.1. The van der Waals surface area contributed by atoms with Gasteiger partial charge >= 0.3 is 0 Å². The summed E-state index contributed by atoms with van der Waals surface area (Å²) >= 11 is 1.33. The first kappa shape index (κ1) is 12.0. The molecular formula is C14H12FN3S. The fourth-order valence-corrected chi connectivity index (χ4v) is 2.73. The van der Waals surface area contributed by atoms with Gasteiger partial charge in [0.2, 0.25) is 0 Å². The van der Waals surface area contributed by atoms with Crippen LogP contribution in [-0.2, 0) is 0 Å². The first-order valence-corrected chi connectivity index (χ1v) is 6.63. The third-order valence-corrected chi connectivity index (χ3v) is 3.80. The van der Waals surface area contributed by atoms with E-state index in [9.17, 15) is 4.39 Å². The van der Waals surface area contributed by atoms with E-state index in [2.05, 4.69) is 9.97 Å². The summed E-state index contributed by atoms with van der Waals surface area (Å²) in [4.78, 5) is 8.32. The third kappa shape index (κ3) is 2.29. The standard InChI is InChI=1S/C14H12FN3S/c1-8-5-6-10-11(7-8)18-14(17-10)19-12-4-2-3-9(15)13(12)16/h2-7H,16H2,1H3,(H,17,18). The van der Waals surface area contributed by atoms with E-state index in [1.54, 1.807) is 12.1 Å². The maximum Gasteiger partial charge on any atom is 0.171 e. The molecule has 0 aliphatic rings. The number of aromatic nitrogens is 2. The number of aromatic amines is 1. The van der Waals surface area contributed by atoms with Crippen LogP contribution in [0.2, 0.25) is 0 Å². The number of nitrogens with one attached hydrogen (secondary N) is 1. The Morgan fingerprint density at radius 1 is 1.26 bits per heavy atom. The molecule has 2 aromatic carbocycles.